The van der Waals surface area contributed by atoms with E-state index in [0.29, 0.717) is 38.5 Å². The van der Waals surface area contributed by atoms with Gasteiger partial charge < -0.3 is 14.9 Å². The molecule has 2 fully saturated rings. The van der Waals surface area contributed by atoms with Crippen molar-refractivity contribution >= 4 is 5.97 Å². The topological polar surface area (TPSA) is 70.0 Å². The van der Waals surface area contributed by atoms with Crippen LogP contribution in [0.3, 0.4) is 0 Å². The second-order valence-corrected chi connectivity index (χ2v) is 7.74. The Kier molecular flexibility index (Phi) is 5.35. The number of aryl methyl sites for hydroxylation is 1. The standard InChI is InChI=1S/C20H29NO4/c1-14-4-3-5-17(15(14)2)25-11-10-21-9-8-18(22)20(13-21,19(23)24)12-16-6-7-16/h3-5,16,18,22H,6-13H2,1-2H3,(H,23,24)/t18-,20-/m0/s1. The first kappa shape index (κ1) is 18.2. The number of carbonyl (C=O) groups is 1. The van der Waals surface area contributed by atoms with Crippen molar-refractivity contribution in [3.8, 4) is 5.75 Å². The van der Waals surface area contributed by atoms with Gasteiger partial charge in [-0.1, -0.05) is 25.0 Å². The van der Waals surface area contributed by atoms with Gasteiger partial charge in [-0.05, 0) is 49.8 Å². The summed E-state index contributed by atoms with van der Waals surface area (Å²) in [6.07, 6.45) is 2.55. The average molecular weight is 347 g/mol. The molecule has 5 heteroatoms. The minimum Gasteiger partial charge on any atom is -0.492 e. The lowest BCUT2D eigenvalue weighted by atomic mass is 9.73. The van der Waals surface area contributed by atoms with Gasteiger partial charge in [0.05, 0.1) is 6.10 Å². The molecule has 1 aromatic rings. The van der Waals surface area contributed by atoms with Crippen LogP contribution >= 0.6 is 0 Å². The molecule has 2 N–H and O–H groups in total. The molecule has 0 spiro atoms. The minimum atomic E-state index is -1.02. The van der Waals surface area contributed by atoms with Gasteiger partial charge in [0, 0.05) is 19.6 Å². The molecule has 1 saturated carbocycles. The molecule has 0 amide bonds. The van der Waals surface area contributed by atoms with E-state index >= 15 is 0 Å². The molecule has 1 heterocycles. The highest BCUT2D eigenvalue weighted by Crippen LogP contribution is 2.45. The maximum Gasteiger partial charge on any atom is 0.313 e. The molecule has 1 aromatic carbocycles. The highest BCUT2D eigenvalue weighted by atomic mass is 16.5. The Hall–Kier alpha value is -1.59. The van der Waals surface area contributed by atoms with Crippen molar-refractivity contribution in [1.29, 1.82) is 0 Å². The van der Waals surface area contributed by atoms with E-state index in [0.717, 1.165) is 30.7 Å². The monoisotopic (exact) mass is 347 g/mol. The first-order valence-corrected chi connectivity index (χ1v) is 9.25. The average Bonchev–Trinajstić information content (AvgIpc) is 3.38. The number of rotatable bonds is 7. The summed E-state index contributed by atoms with van der Waals surface area (Å²) in [7, 11) is 0. The number of hydrogen-bond donors (Lipinski definition) is 2. The van der Waals surface area contributed by atoms with Crippen molar-refractivity contribution in [2.75, 3.05) is 26.2 Å². The highest BCUT2D eigenvalue weighted by Gasteiger charge is 2.51. The van der Waals surface area contributed by atoms with Crippen LogP contribution in [0.15, 0.2) is 18.2 Å². The Morgan fingerprint density at radius 1 is 1.32 bits per heavy atom. The lowest BCUT2D eigenvalue weighted by Gasteiger charge is -2.43. The summed E-state index contributed by atoms with van der Waals surface area (Å²) in [6, 6.07) is 6.02. The van der Waals surface area contributed by atoms with Crippen molar-refractivity contribution < 1.29 is 19.7 Å². The van der Waals surface area contributed by atoms with Crippen molar-refractivity contribution in [2.24, 2.45) is 11.3 Å². The van der Waals surface area contributed by atoms with Gasteiger partial charge in [-0.25, -0.2) is 0 Å². The summed E-state index contributed by atoms with van der Waals surface area (Å²) >= 11 is 0. The fourth-order valence-corrected chi connectivity index (χ4v) is 3.86. The van der Waals surface area contributed by atoms with Crippen LogP contribution in [0.25, 0.3) is 0 Å². The molecule has 3 rings (SSSR count). The van der Waals surface area contributed by atoms with E-state index in [1.54, 1.807) is 0 Å². The molecule has 0 bridgehead atoms. The fraction of sp³-hybridized carbons (Fsp3) is 0.650. The van der Waals surface area contributed by atoms with Gasteiger partial charge in [0.2, 0.25) is 0 Å². The molecule has 1 saturated heterocycles. The number of carboxylic acids is 1. The number of nitrogens with zero attached hydrogens (tertiary/aromatic N) is 1. The van der Waals surface area contributed by atoms with Gasteiger partial charge in [0.25, 0.3) is 0 Å². The van der Waals surface area contributed by atoms with Crippen molar-refractivity contribution in [3.63, 3.8) is 0 Å². The number of hydrogen-bond acceptors (Lipinski definition) is 4. The van der Waals surface area contributed by atoms with Crippen molar-refractivity contribution in [1.82, 2.24) is 4.90 Å². The van der Waals surface area contributed by atoms with Gasteiger partial charge in [-0.2, -0.15) is 0 Å². The second kappa shape index (κ2) is 7.34. The van der Waals surface area contributed by atoms with Crippen molar-refractivity contribution in [3.05, 3.63) is 29.3 Å². The zero-order chi connectivity index (χ0) is 18.0. The van der Waals surface area contributed by atoms with Gasteiger partial charge in [0.1, 0.15) is 17.8 Å². The molecule has 2 atom stereocenters. The molecular formula is C20H29NO4. The number of likely N-dealkylation sites (tertiary alicyclic amines) is 1. The van der Waals surface area contributed by atoms with Crippen molar-refractivity contribution in [2.45, 2.75) is 45.6 Å². The Morgan fingerprint density at radius 2 is 2.08 bits per heavy atom. The lowest BCUT2D eigenvalue weighted by Crippen LogP contribution is -2.56. The number of aliphatic hydroxyl groups excluding tert-OH is 1. The molecule has 1 aliphatic heterocycles. The van der Waals surface area contributed by atoms with Crippen LogP contribution in [0.2, 0.25) is 0 Å². The zero-order valence-corrected chi connectivity index (χ0v) is 15.2. The highest BCUT2D eigenvalue weighted by molar-refractivity contribution is 5.76. The van der Waals surface area contributed by atoms with E-state index in [1.165, 1.54) is 5.56 Å². The maximum absolute atomic E-state index is 12.0. The molecule has 0 aromatic heterocycles. The SMILES string of the molecule is Cc1cccc(OCCN2CC[C@H](O)[C@@](CC3CC3)(C(=O)O)C2)c1C. The summed E-state index contributed by atoms with van der Waals surface area (Å²) < 4.78 is 5.92. The number of ether oxygens (including phenoxy) is 1. The van der Waals surface area contributed by atoms with E-state index < -0.39 is 17.5 Å². The number of aliphatic carboxylic acids is 1. The van der Waals surface area contributed by atoms with Gasteiger partial charge in [-0.15, -0.1) is 0 Å². The minimum absolute atomic E-state index is 0.413. The van der Waals surface area contributed by atoms with Crippen LogP contribution in [-0.4, -0.2) is 53.4 Å². The van der Waals surface area contributed by atoms with Crippen LogP contribution in [0.4, 0.5) is 0 Å². The Labute approximate surface area is 149 Å². The smallest absolute Gasteiger partial charge is 0.313 e. The second-order valence-electron chi connectivity index (χ2n) is 7.74. The molecular weight excluding hydrogens is 318 g/mol. The number of carboxylic acid groups (broad SMARTS) is 1. The van der Waals surface area contributed by atoms with Gasteiger partial charge in [0.15, 0.2) is 0 Å². The summed E-state index contributed by atoms with van der Waals surface area (Å²) in [5.41, 5.74) is 1.33. The summed E-state index contributed by atoms with van der Waals surface area (Å²) in [4.78, 5) is 14.1. The maximum atomic E-state index is 12.0. The van der Waals surface area contributed by atoms with Gasteiger partial charge >= 0.3 is 5.97 Å². The molecule has 0 unspecified atom stereocenters. The van der Waals surface area contributed by atoms with Crippen LogP contribution in [-0.2, 0) is 4.79 Å². The van der Waals surface area contributed by atoms with E-state index in [1.807, 2.05) is 19.1 Å². The first-order valence-electron chi connectivity index (χ1n) is 9.25. The summed E-state index contributed by atoms with van der Waals surface area (Å²) in [5, 5.41) is 20.2. The first-order chi connectivity index (χ1) is 11.9. The van der Waals surface area contributed by atoms with E-state index in [-0.39, 0.29) is 0 Å². The Morgan fingerprint density at radius 3 is 2.76 bits per heavy atom. The predicted octanol–water partition coefficient (Wildman–Crippen LogP) is 2.62. The van der Waals surface area contributed by atoms with E-state index in [9.17, 15) is 15.0 Å². The largest absolute Gasteiger partial charge is 0.492 e. The van der Waals surface area contributed by atoms with E-state index in [4.69, 9.17) is 4.74 Å². The third-order valence-corrected chi connectivity index (χ3v) is 5.86. The quantitative estimate of drug-likeness (QED) is 0.793. The molecule has 0 radical (unpaired) electrons. The third kappa shape index (κ3) is 3.98. The van der Waals surface area contributed by atoms with E-state index in [2.05, 4.69) is 17.9 Å². The van der Waals surface area contributed by atoms with Crippen LogP contribution in [0, 0.1) is 25.2 Å². The summed E-state index contributed by atoms with van der Waals surface area (Å²) in [6.45, 7) is 6.45. The fourth-order valence-electron chi connectivity index (χ4n) is 3.86. The Bertz CT molecular complexity index is 628. The van der Waals surface area contributed by atoms with Crippen LogP contribution < -0.4 is 4.74 Å². The van der Waals surface area contributed by atoms with Gasteiger partial charge in [-0.3, -0.25) is 9.69 Å². The zero-order valence-electron chi connectivity index (χ0n) is 15.2. The number of piperidine rings is 1. The third-order valence-electron chi connectivity index (χ3n) is 5.86. The molecule has 1 aliphatic carbocycles. The summed E-state index contributed by atoms with van der Waals surface area (Å²) in [5.74, 6) is 0.503. The molecule has 138 valence electrons. The molecule has 2 aliphatic rings. The Balaban J connectivity index is 1.59. The number of benzene rings is 1. The van der Waals surface area contributed by atoms with Crippen LogP contribution in [0.5, 0.6) is 5.75 Å². The normalized spacial score (nSPS) is 27.2. The predicted molar refractivity (Wildman–Crippen MR) is 95.9 cm³/mol. The lowest BCUT2D eigenvalue weighted by molar-refractivity contribution is -0.165. The molecule has 5 nitrogen and oxygen atoms in total. The number of aliphatic hydroxyl groups is 1. The molecule has 25 heavy (non-hydrogen) atoms. The van der Waals surface area contributed by atoms with Crippen LogP contribution in [0.1, 0.15) is 36.8 Å².